The Bertz CT molecular complexity index is 998. The van der Waals surface area contributed by atoms with Crippen LogP contribution in [0, 0.1) is 18.3 Å². The molecule has 1 heterocycles. The third-order valence-corrected chi connectivity index (χ3v) is 3.76. The molecule has 136 valence electrons. The van der Waals surface area contributed by atoms with E-state index in [0.717, 1.165) is 11.4 Å². The number of nitriles is 1. The highest BCUT2D eigenvalue weighted by atomic mass is 16.5. The van der Waals surface area contributed by atoms with E-state index in [2.05, 4.69) is 26.7 Å². The van der Waals surface area contributed by atoms with Crippen LogP contribution in [-0.4, -0.2) is 24.2 Å². The lowest BCUT2D eigenvalue weighted by molar-refractivity contribution is 0.355. The van der Waals surface area contributed by atoms with Crippen LogP contribution in [0.2, 0.25) is 0 Å². The van der Waals surface area contributed by atoms with Gasteiger partial charge in [0.15, 0.2) is 11.5 Å². The Morgan fingerprint density at radius 3 is 2.15 bits per heavy atom. The normalized spacial score (nSPS) is 10.0. The zero-order chi connectivity index (χ0) is 19.2. The van der Waals surface area contributed by atoms with E-state index >= 15 is 0 Å². The Kier molecular flexibility index (Phi) is 5.38. The van der Waals surface area contributed by atoms with Crippen molar-refractivity contribution in [1.82, 2.24) is 9.97 Å². The Morgan fingerprint density at radius 2 is 1.52 bits per heavy atom. The highest BCUT2D eigenvalue weighted by Gasteiger charge is 2.07. The van der Waals surface area contributed by atoms with Crippen LogP contribution in [0.4, 0.5) is 23.0 Å². The molecule has 0 unspecified atom stereocenters. The fraction of sp³-hybridized carbons (Fsp3) is 0.150. The predicted octanol–water partition coefficient (Wildman–Crippen LogP) is 4.16. The molecule has 0 aliphatic carbocycles. The van der Waals surface area contributed by atoms with Crippen molar-refractivity contribution in [2.45, 2.75) is 6.92 Å². The van der Waals surface area contributed by atoms with Crippen molar-refractivity contribution in [2.75, 3.05) is 24.9 Å². The van der Waals surface area contributed by atoms with Gasteiger partial charge in [-0.25, -0.2) is 9.97 Å². The minimum absolute atomic E-state index is 0.578. The first-order chi connectivity index (χ1) is 13.1. The van der Waals surface area contributed by atoms with Gasteiger partial charge in [-0.2, -0.15) is 5.26 Å². The zero-order valence-electron chi connectivity index (χ0n) is 15.3. The summed E-state index contributed by atoms with van der Waals surface area (Å²) in [4.78, 5) is 8.81. The van der Waals surface area contributed by atoms with Gasteiger partial charge < -0.3 is 20.1 Å². The van der Waals surface area contributed by atoms with E-state index in [9.17, 15) is 0 Å². The second-order valence-electron chi connectivity index (χ2n) is 5.70. The van der Waals surface area contributed by atoms with Gasteiger partial charge in [-0.3, -0.25) is 0 Å². The van der Waals surface area contributed by atoms with Gasteiger partial charge >= 0.3 is 0 Å². The number of anilines is 4. The fourth-order valence-corrected chi connectivity index (χ4v) is 2.57. The maximum absolute atomic E-state index is 9.03. The summed E-state index contributed by atoms with van der Waals surface area (Å²) in [5.41, 5.74) is 2.17. The Labute approximate surface area is 157 Å². The third kappa shape index (κ3) is 4.44. The molecule has 0 saturated carbocycles. The molecule has 2 aromatic carbocycles. The molecule has 0 aliphatic rings. The first-order valence-corrected chi connectivity index (χ1v) is 8.23. The summed E-state index contributed by atoms with van der Waals surface area (Å²) in [6.45, 7) is 1.82. The van der Waals surface area contributed by atoms with Crippen molar-refractivity contribution in [3.63, 3.8) is 0 Å². The van der Waals surface area contributed by atoms with Crippen molar-refractivity contribution >= 4 is 23.0 Å². The molecular formula is C20H19N5O2. The summed E-state index contributed by atoms with van der Waals surface area (Å²) in [6, 6.07) is 16.7. The summed E-state index contributed by atoms with van der Waals surface area (Å²) in [5.74, 6) is 3.15. The largest absolute Gasteiger partial charge is 0.493 e. The highest BCUT2D eigenvalue weighted by molar-refractivity contribution is 5.65. The molecule has 3 aromatic rings. The number of hydrogen-bond donors (Lipinski definition) is 2. The van der Waals surface area contributed by atoms with Gasteiger partial charge in [0.05, 0.1) is 25.9 Å². The van der Waals surface area contributed by atoms with Gasteiger partial charge in [-0.1, -0.05) is 6.07 Å². The Morgan fingerprint density at radius 1 is 0.852 bits per heavy atom. The molecular weight excluding hydrogens is 342 g/mol. The molecule has 7 nitrogen and oxygen atoms in total. The monoisotopic (exact) mass is 361 g/mol. The Balaban J connectivity index is 1.84. The molecule has 2 N–H and O–H groups in total. The molecule has 7 heteroatoms. The summed E-state index contributed by atoms with van der Waals surface area (Å²) in [6.07, 6.45) is 0. The van der Waals surface area contributed by atoms with Crippen molar-refractivity contribution < 1.29 is 9.47 Å². The summed E-state index contributed by atoms with van der Waals surface area (Å²) in [7, 11) is 3.19. The first-order valence-electron chi connectivity index (χ1n) is 8.23. The molecule has 0 amide bonds. The average molecular weight is 361 g/mol. The molecule has 0 atom stereocenters. The van der Waals surface area contributed by atoms with E-state index in [1.54, 1.807) is 32.4 Å². The summed E-state index contributed by atoms with van der Waals surface area (Å²) >= 11 is 0. The summed E-state index contributed by atoms with van der Waals surface area (Å²) < 4.78 is 10.6. The number of nitrogens with zero attached hydrogens (tertiary/aromatic N) is 3. The molecule has 0 radical (unpaired) electrons. The molecule has 0 saturated heterocycles. The highest BCUT2D eigenvalue weighted by Crippen LogP contribution is 2.31. The standard InChI is InChI=1S/C20H19N5O2/c1-13-22-19(24-15-6-4-5-14(9-15)12-21)11-20(23-13)25-16-7-8-17(26-2)18(10-16)27-3/h4-11H,1-3H3,(H2,22,23,24,25). The topological polar surface area (TPSA) is 92.1 Å². The predicted molar refractivity (Wildman–Crippen MR) is 104 cm³/mol. The number of rotatable bonds is 6. The quantitative estimate of drug-likeness (QED) is 0.681. The van der Waals surface area contributed by atoms with Crippen LogP contribution in [0.25, 0.3) is 0 Å². The lowest BCUT2D eigenvalue weighted by atomic mass is 10.2. The van der Waals surface area contributed by atoms with E-state index in [1.807, 2.05) is 37.3 Å². The number of aromatic nitrogens is 2. The molecule has 27 heavy (non-hydrogen) atoms. The molecule has 0 spiro atoms. The number of nitrogens with one attached hydrogen (secondary N) is 2. The molecule has 1 aromatic heterocycles. The minimum Gasteiger partial charge on any atom is -0.493 e. The lowest BCUT2D eigenvalue weighted by Gasteiger charge is -2.12. The van der Waals surface area contributed by atoms with Crippen LogP contribution in [-0.2, 0) is 0 Å². The summed E-state index contributed by atoms with van der Waals surface area (Å²) in [5, 5.41) is 15.5. The molecule has 3 rings (SSSR count). The number of methoxy groups -OCH3 is 2. The Hall–Kier alpha value is -3.79. The second-order valence-corrected chi connectivity index (χ2v) is 5.70. The van der Waals surface area contributed by atoms with Gasteiger partial charge in [-0.05, 0) is 37.3 Å². The lowest BCUT2D eigenvalue weighted by Crippen LogP contribution is -2.02. The van der Waals surface area contributed by atoms with Crippen molar-refractivity contribution in [3.05, 3.63) is 59.9 Å². The van der Waals surface area contributed by atoms with Crippen molar-refractivity contribution in [1.29, 1.82) is 5.26 Å². The van der Waals surface area contributed by atoms with E-state index in [-0.39, 0.29) is 0 Å². The first kappa shape index (κ1) is 18.0. The molecule has 0 aliphatic heterocycles. The number of benzene rings is 2. The SMILES string of the molecule is COc1ccc(Nc2cc(Nc3cccc(C#N)c3)nc(C)n2)cc1OC. The number of hydrogen-bond acceptors (Lipinski definition) is 7. The third-order valence-electron chi connectivity index (χ3n) is 3.76. The fourth-order valence-electron chi connectivity index (χ4n) is 2.57. The maximum Gasteiger partial charge on any atom is 0.162 e. The van der Waals surface area contributed by atoms with Gasteiger partial charge in [0.1, 0.15) is 17.5 Å². The smallest absolute Gasteiger partial charge is 0.162 e. The maximum atomic E-state index is 9.03. The van der Waals surface area contributed by atoms with Crippen LogP contribution < -0.4 is 20.1 Å². The molecule has 0 bridgehead atoms. The van der Waals surface area contributed by atoms with Crippen molar-refractivity contribution in [2.24, 2.45) is 0 Å². The van der Waals surface area contributed by atoms with Crippen LogP contribution in [0.3, 0.4) is 0 Å². The van der Waals surface area contributed by atoms with Gasteiger partial charge in [-0.15, -0.1) is 0 Å². The van der Waals surface area contributed by atoms with Gasteiger partial charge in [0.25, 0.3) is 0 Å². The van der Waals surface area contributed by atoms with E-state index in [0.29, 0.717) is 34.5 Å². The van der Waals surface area contributed by atoms with Crippen molar-refractivity contribution in [3.8, 4) is 17.6 Å². The van der Waals surface area contributed by atoms with E-state index < -0.39 is 0 Å². The zero-order valence-corrected chi connectivity index (χ0v) is 15.3. The van der Waals surface area contributed by atoms with E-state index in [4.69, 9.17) is 14.7 Å². The minimum atomic E-state index is 0.578. The number of ether oxygens (including phenoxy) is 2. The van der Waals surface area contributed by atoms with Gasteiger partial charge in [0.2, 0.25) is 0 Å². The van der Waals surface area contributed by atoms with Crippen LogP contribution >= 0.6 is 0 Å². The van der Waals surface area contributed by atoms with Crippen LogP contribution in [0.1, 0.15) is 11.4 Å². The second kappa shape index (κ2) is 8.06. The van der Waals surface area contributed by atoms with Crippen LogP contribution in [0.15, 0.2) is 48.5 Å². The number of aryl methyl sites for hydroxylation is 1. The van der Waals surface area contributed by atoms with E-state index in [1.165, 1.54) is 0 Å². The molecule has 0 fully saturated rings. The van der Waals surface area contributed by atoms with Gasteiger partial charge in [0, 0.05) is 23.5 Å². The average Bonchev–Trinajstić information content (AvgIpc) is 2.67. The van der Waals surface area contributed by atoms with Crippen LogP contribution in [0.5, 0.6) is 11.5 Å².